The van der Waals surface area contributed by atoms with Gasteiger partial charge in [-0.25, -0.2) is 5.01 Å². The van der Waals surface area contributed by atoms with Crippen LogP contribution in [0.1, 0.15) is 24.3 Å². The van der Waals surface area contributed by atoms with Crippen molar-refractivity contribution in [1.82, 2.24) is 15.1 Å². The standard InChI is InChI=1S/C22H16F3N5O5/c23-22(24,25)13-3-1-2-4-14(13)26-18(31)10-30-19(32)8-6-15(28-30)21-27-20(29-35-21)12-5-7-16-17(9-12)34-11-33-16/h1-5,7,9H,6,8,10-11H2,(H,26,31). The molecule has 0 spiro atoms. The van der Waals surface area contributed by atoms with E-state index in [0.717, 1.165) is 17.1 Å². The van der Waals surface area contributed by atoms with Gasteiger partial charge in [0.05, 0.1) is 11.3 Å². The summed E-state index contributed by atoms with van der Waals surface area (Å²) in [7, 11) is 0. The summed E-state index contributed by atoms with van der Waals surface area (Å²) < 4.78 is 55.4. The average molecular weight is 487 g/mol. The third kappa shape index (κ3) is 4.65. The smallest absolute Gasteiger partial charge is 0.418 e. The highest BCUT2D eigenvalue weighted by molar-refractivity contribution is 6.02. The SMILES string of the molecule is O=C(CN1N=C(c2nc(-c3ccc4c(c3)OCO4)no2)CCC1=O)Nc1ccccc1C(F)(F)F. The van der Waals surface area contributed by atoms with E-state index in [2.05, 4.69) is 20.6 Å². The molecule has 0 fully saturated rings. The van der Waals surface area contributed by atoms with Gasteiger partial charge in [0.15, 0.2) is 11.5 Å². The van der Waals surface area contributed by atoms with E-state index in [1.54, 1.807) is 18.2 Å². The van der Waals surface area contributed by atoms with Crippen LogP contribution in [0.5, 0.6) is 11.5 Å². The van der Waals surface area contributed by atoms with Crippen LogP contribution < -0.4 is 14.8 Å². The maximum absolute atomic E-state index is 13.2. The number of benzene rings is 2. The predicted molar refractivity (Wildman–Crippen MR) is 113 cm³/mol. The lowest BCUT2D eigenvalue weighted by Gasteiger charge is -2.22. The van der Waals surface area contributed by atoms with Gasteiger partial charge in [-0.05, 0) is 30.3 Å². The second kappa shape index (κ2) is 8.74. The average Bonchev–Trinajstić information content (AvgIpc) is 3.49. The Morgan fingerprint density at radius 3 is 2.71 bits per heavy atom. The molecule has 10 nitrogen and oxygen atoms in total. The zero-order valence-electron chi connectivity index (χ0n) is 17.8. The molecule has 0 saturated carbocycles. The third-order valence-electron chi connectivity index (χ3n) is 5.21. The number of hydrazone groups is 1. The van der Waals surface area contributed by atoms with E-state index in [-0.39, 0.29) is 37.1 Å². The van der Waals surface area contributed by atoms with E-state index in [9.17, 15) is 22.8 Å². The molecule has 35 heavy (non-hydrogen) atoms. The first kappa shape index (κ1) is 22.4. The van der Waals surface area contributed by atoms with Crippen LogP contribution in [0.15, 0.2) is 52.1 Å². The number of carbonyl (C=O) groups excluding carboxylic acids is 2. The number of nitrogens with one attached hydrogen (secondary N) is 1. The maximum atomic E-state index is 13.2. The summed E-state index contributed by atoms with van der Waals surface area (Å²) in [5, 5.41) is 11.1. The van der Waals surface area contributed by atoms with Crippen LogP contribution in [-0.4, -0.2) is 46.0 Å². The highest BCUT2D eigenvalue weighted by atomic mass is 19.4. The predicted octanol–water partition coefficient (Wildman–Crippen LogP) is 3.45. The zero-order valence-corrected chi connectivity index (χ0v) is 17.8. The first-order valence-electron chi connectivity index (χ1n) is 10.4. The molecule has 0 atom stereocenters. The minimum absolute atomic E-state index is 0.00693. The number of hydrogen-bond donors (Lipinski definition) is 1. The second-order valence-corrected chi connectivity index (χ2v) is 7.58. The van der Waals surface area contributed by atoms with Crippen LogP contribution in [0.25, 0.3) is 11.4 Å². The Labute approximate surface area is 195 Å². The molecule has 2 aliphatic heterocycles. The molecule has 0 radical (unpaired) electrons. The van der Waals surface area contributed by atoms with E-state index in [0.29, 0.717) is 17.1 Å². The normalized spacial score (nSPS) is 15.2. The fraction of sp³-hybridized carbons (Fsp3) is 0.227. The lowest BCUT2D eigenvalue weighted by Crippen LogP contribution is -2.38. The summed E-state index contributed by atoms with van der Waals surface area (Å²) in [6, 6.07) is 9.69. The third-order valence-corrected chi connectivity index (χ3v) is 5.21. The number of carbonyl (C=O) groups is 2. The number of nitrogens with zero attached hydrogens (tertiary/aromatic N) is 4. The summed E-state index contributed by atoms with van der Waals surface area (Å²) >= 11 is 0. The summed E-state index contributed by atoms with van der Waals surface area (Å²) in [5.74, 6) is 0.136. The van der Waals surface area contributed by atoms with Gasteiger partial charge in [0.1, 0.15) is 12.3 Å². The fourth-order valence-corrected chi connectivity index (χ4v) is 3.54. The largest absolute Gasteiger partial charge is 0.454 e. The maximum Gasteiger partial charge on any atom is 0.418 e. The van der Waals surface area contributed by atoms with E-state index in [4.69, 9.17) is 14.0 Å². The molecule has 1 aromatic heterocycles. The number of rotatable bonds is 5. The molecule has 13 heteroatoms. The molecule has 2 amide bonds. The second-order valence-electron chi connectivity index (χ2n) is 7.58. The van der Waals surface area contributed by atoms with Crippen molar-refractivity contribution in [3.63, 3.8) is 0 Å². The van der Waals surface area contributed by atoms with E-state index in [1.165, 1.54) is 12.1 Å². The molecule has 5 rings (SSSR count). The van der Waals surface area contributed by atoms with Crippen molar-refractivity contribution < 1.29 is 36.8 Å². The van der Waals surface area contributed by atoms with Crippen LogP contribution in [0.2, 0.25) is 0 Å². The number of fused-ring (bicyclic) bond motifs is 1. The van der Waals surface area contributed by atoms with Gasteiger partial charge < -0.3 is 19.3 Å². The van der Waals surface area contributed by atoms with Gasteiger partial charge in [0.2, 0.25) is 24.4 Å². The zero-order chi connectivity index (χ0) is 24.6. The monoisotopic (exact) mass is 487 g/mol. The van der Waals surface area contributed by atoms with Crippen molar-refractivity contribution in [3.8, 4) is 22.9 Å². The lowest BCUT2D eigenvalue weighted by atomic mass is 10.1. The van der Waals surface area contributed by atoms with Crippen LogP contribution in [0.3, 0.4) is 0 Å². The van der Waals surface area contributed by atoms with E-state index < -0.39 is 35.8 Å². The van der Waals surface area contributed by atoms with Crippen LogP contribution >= 0.6 is 0 Å². The Bertz CT molecular complexity index is 1340. The fourth-order valence-electron chi connectivity index (χ4n) is 3.54. The molecule has 180 valence electrons. The van der Waals surface area contributed by atoms with Crippen LogP contribution in [-0.2, 0) is 15.8 Å². The molecule has 3 heterocycles. The molecule has 3 aromatic rings. The first-order valence-corrected chi connectivity index (χ1v) is 10.4. The number of alkyl halides is 3. The number of para-hydroxylation sites is 1. The highest BCUT2D eigenvalue weighted by Gasteiger charge is 2.34. The molecule has 2 aliphatic rings. The van der Waals surface area contributed by atoms with Crippen LogP contribution in [0, 0.1) is 0 Å². The Balaban J connectivity index is 1.31. The van der Waals surface area contributed by atoms with Crippen LogP contribution in [0.4, 0.5) is 18.9 Å². The van der Waals surface area contributed by atoms with Gasteiger partial charge >= 0.3 is 6.18 Å². The van der Waals surface area contributed by atoms with Gasteiger partial charge in [-0.2, -0.15) is 23.3 Å². The van der Waals surface area contributed by atoms with E-state index >= 15 is 0 Å². The number of aromatic nitrogens is 2. The van der Waals surface area contributed by atoms with E-state index in [1.807, 2.05) is 0 Å². The Morgan fingerprint density at radius 2 is 1.89 bits per heavy atom. The minimum Gasteiger partial charge on any atom is -0.454 e. The quantitative estimate of drug-likeness (QED) is 0.586. The Kier molecular flexibility index (Phi) is 5.59. The minimum atomic E-state index is -4.65. The summed E-state index contributed by atoms with van der Waals surface area (Å²) in [6.07, 6.45) is -4.45. The molecule has 0 saturated heterocycles. The number of amides is 2. The van der Waals surface area contributed by atoms with Gasteiger partial charge in [0, 0.05) is 18.4 Å². The summed E-state index contributed by atoms with van der Waals surface area (Å²) in [5.41, 5.74) is -0.530. The Morgan fingerprint density at radius 1 is 1.09 bits per heavy atom. The molecule has 0 aliphatic carbocycles. The summed E-state index contributed by atoms with van der Waals surface area (Å²) in [6.45, 7) is -0.468. The number of ether oxygens (including phenoxy) is 2. The summed E-state index contributed by atoms with van der Waals surface area (Å²) in [4.78, 5) is 29.0. The van der Waals surface area contributed by atoms with Crippen molar-refractivity contribution in [2.24, 2.45) is 5.10 Å². The van der Waals surface area contributed by atoms with Crippen molar-refractivity contribution in [1.29, 1.82) is 0 Å². The van der Waals surface area contributed by atoms with Crippen molar-refractivity contribution in [3.05, 3.63) is 53.9 Å². The molecular weight excluding hydrogens is 471 g/mol. The first-order chi connectivity index (χ1) is 16.8. The van der Waals surface area contributed by atoms with Crippen molar-refractivity contribution in [2.75, 3.05) is 18.7 Å². The van der Waals surface area contributed by atoms with Gasteiger partial charge in [-0.1, -0.05) is 17.3 Å². The number of anilines is 1. The highest BCUT2D eigenvalue weighted by Crippen LogP contribution is 2.36. The van der Waals surface area contributed by atoms with Crippen molar-refractivity contribution in [2.45, 2.75) is 19.0 Å². The molecule has 0 bridgehead atoms. The number of hydrogen-bond acceptors (Lipinski definition) is 8. The molecular formula is C22H16F3N5O5. The Hall–Kier alpha value is -4.42. The van der Waals surface area contributed by atoms with Crippen molar-refractivity contribution >= 4 is 23.2 Å². The lowest BCUT2D eigenvalue weighted by molar-refractivity contribution is -0.137. The number of halogens is 3. The molecule has 2 aromatic carbocycles. The molecule has 0 unspecified atom stereocenters. The van der Waals surface area contributed by atoms with Gasteiger partial charge in [-0.15, -0.1) is 0 Å². The van der Waals surface area contributed by atoms with Gasteiger partial charge in [0.25, 0.3) is 5.89 Å². The molecule has 1 N–H and O–H groups in total. The topological polar surface area (TPSA) is 119 Å². The van der Waals surface area contributed by atoms with Gasteiger partial charge in [-0.3, -0.25) is 9.59 Å².